The smallest absolute Gasteiger partial charge is 0.119 e. The maximum absolute atomic E-state index is 10.8. The Bertz CT molecular complexity index is 673. The van der Waals surface area contributed by atoms with Crippen LogP contribution in [0.15, 0.2) is 48.0 Å². The number of benzene rings is 1. The standard InChI is InChI=1S/C18H23N3O3S/c1-23-15-3-5-16(6-4-15)24-12-14(11-21-9-8-19-13-21)17(22)18-20-7-2-10-25-18/h3-6,8-9,13-14,17,22H,2,7,10-12H2,1H3. The van der Waals surface area contributed by atoms with Gasteiger partial charge in [-0.25, -0.2) is 4.98 Å². The van der Waals surface area contributed by atoms with E-state index in [4.69, 9.17) is 9.47 Å². The van der Waals surface area contributed by atoms with Gasteiger partial charge in [-0.15, -0.1) is 11.8 Å². The molecule has 2 heterocycles. The second kappa shape index (κ2) is 8.92. The fourth-order valence-corrected chi connectivity index (χ4v) is 3.67. The molecule has 1 aromatic carbocycles. The highest BCUT2D eigenvalue weighted by Crippen LogP contribution is 2.23. The van der Waals surface area contributed by atoms with Crippen LogP contribution in [0.25, 0.3) is 0 Å². The van der Waals surface area contributed by atoms with Crippen molar-refractivity contribution in [2.24, 2.45) is 10.9 Å². The zero-order valence-electron chi connectivity index (χ0n) is 14.2. The summed E-state index contributed by atoms with van der Waals surface area (Å²) >= 11 is 1.64. The SMILES string of the molecule is COc1ccc(OCC(Cn2ccnc2)C(O)C2=NCCCS2)cc1. The molecule has 25 heavy (non-hydrogen) atoms. The predicted molar refractivity (Wildman–Crippen MR) is 99.6 cm³/mol. The lowest BCUT2D eigenvalue weighted by Crippen LogP contribution is -2.36. The fraction of sp³-hybridized carbons (Fsp3) is 0.444. The van der Waals surface area contributed by atoms with Gasteiger partial charge in [-0.3, -0.25) is 4.99 Å². The largest absolute Gasteiger partial charge is 0.497 e. The third-order valence-electron chi connectivity index (χ3n) is 4.05. The van der Waals surface area contributed by atoms with E-state index in [1.54, 1.807) is 31.4 Å². The van der Waals surface area contributed by atoms with Crippen LogP contribution in [-0.4, -0.2) is 51.8 Å². The van der Waals surface area contributed by atoms with Gasteiger partial charge in [0.2, 0.25) is 0 Å². The highest BCUT2D eigenvalue weighted by Gasteiger charge is 2.27. The number of methoxy groups -OCH3 is 1. The number of hydrogen-bond acceptors (Lipinski definition) is 6. The van der Waals surface area contributed by atoms with Gasteiger partial charge in [-0.1, -0.05) is 0 Å². The van der Waals surface area contributed by atoms with Crippen LogP contribution >= 0.6 is 11.8 Å². The first-order chi connectivity index (χ1) is 12.3. The van der Waals surface area contributed by atoms with Crippen molar-refractivity contribution in [1.29, 1.82) is 0 Å². The Morgan fingerprint density at radius 2 is 2.08 bits per heavy atom. The number of nitrogens with zero attached hydrogens (tertiary/aromatic N) is 3. The molecule has 0 aliphatic carbocycles. The van der Waals surface area contributed by atoms with Gasteiger partial charge in [0.25, 0.3) is 0 Å². The van der Waals surface area contributed by atoms with Gasteiger partial charge in [-0.05, 0) is 30.7 Å². The molecule has 0 bridgehead atoms. The summed E-state index contributed by atoms with van der Waals surface area (Å²) in [6.45, 7) is 1.80. The molecule has 1 aromatic heterocycles. The van der Waals surface area contributed by atoms with E-state index >= 15 is 0 Å². The normalized spacial score (nSPS) is 16.8. The van der Waals surface area contributed by atoms with Crippen LogP contribution in [0.4, 0.5) is 0 Å². The molecule has 2 aromatic rings. The van der Waals surface area contributed by atoms with E-state index in [1.807, 2.05) is 35.0 Å². The molecule has 6 nitrogen and oxygen atoms in total. The number of hydrogen-bond donors (Lipinski definition) is 1. The van der Waals surface area contributed by atoms with E-state index < -0.39 is 6.10 Å². The van der Waals surface area contributed by atoms with Gasteiger partial charge in [0.1, 0.15) is 17.6 Å². The minimum absolute atomic E-state index is 0.111. The van der Waals surface area contributed by atoms with Crippen molar-refractivity contribution in [2.45, 2.75) is 19.1 Å². The Morgan fingerprint density at radius 3 is 2.72 bits per heavy atom. The van der Waals surface area contributed by atoms with Crippen molar-refractivity contribution in [2.75, 3.05) is 26.0 Å². The first kappa shape index (κ1) is 17.8. The van der Waals surface area contributed by atoms with Gasteiger partial charge >= 0.3 is 0 Å². The second-order valence-corrected chi connectivity index (χ2v) is 6.99. The van der Waals surface area contributed by atoms with E-state index in [0.29, 0.717) is 13.2 Å². The Morgan fingerprint density at radius 1 is 1.28 bits per heavy atom. The first-order valence-corrected chi connectivity index (χ1v) is 9.32. The third kappa shape index (κ3) is 4.99. The second-order valence-electron chi connectivity index (χ2n) is 5.87. The molecule has 0 fully saturated rings. The minimum Gasteiger partial charge on any atom is -0.497 e. The quantitative estimate of drug-likeness (QED) is 0.782. The zero-order chi connectivity index (χ0) is 17.5. The average Bonchev–Trinajstić information content (AvgIpc) is 3.19. The van der Waals surface area contributed by atoms with Crippen molar-refractivity contribution in [3.05, 3.63) is 43.0 Å². The van der Waals surface area contributed by atoms with E-state index in [1.165, 1.54) is 0 Å². The summed E-state index contributed by atoms with van der Waals surface area (Å²) in [6, 6.07) is 7.45. The number of aliphatic hydroxyl groups excluding tert-OH is 1. The third-order valence-corrected chi connectivity index (χ3v) is 5.21. The molecule has 3 rings (SSSR count). The van der Waals surface area contributed by atoms with Crippen LogP contribution in [0.3, 0.4) is 0 Å². The maximum Gasteiger partial charge on any atom is 0.119 e. The molecule has 0 spiro atoms. The molecule has 0 radical (unpaired) electrons. The van der Waals surface area contributed by atoms with Crippen molar-refractivity contribution in [1.82, 2.24) is 9.55 Å². The van der Waals surface area contributed by atoms with Crippen LogP contribution in [0.5, 0.6) is 11.5 Å². The molecule has 0 amide bonds. The molecule has 1 aliphatic heterocycles. The maximum atomic E-state index is 10.8. The summed E-state index contributed by atoms with van der Waals surface area (Å²) in [4.78, 5) is 8.57. The van der Waals surface area contributed by atoms with Gasteiger partial charge in [0.05, 0.1) is 25.1 Å². The van der Waals surface area contributed by atoms with E-state index in [9.17, 15) is 5.11 Å². The predicted octanol–water partition coefficient (Wildman–Crippen LogP) is 2.48. The van der Waals surface area contributed by atoms with Crippen molar-refractivity contribution in [3.63, 3.8) is 0 Å². The van der Waals surface area contributed by atoms with E-state index in [-0.39, 0.29) is 5.92 Å². The first-order valence-electron chi connectivity index (χ1n) is 8.34. The molecular formula is C18H23N3O3S. The summed E-state index contributed by atoms with van der Waals surface area (Å²) in [5, 5.41) is 11.6. The summed E-state index contributed by atoms with van der Waals surface area (Å²) < 4.78 is 13.0. The molecule has 2 atom stereocenters. The molecular weight excluding hydrogens is 338 g/mol. The Labute approximate surface area is 151 Å². The molecule has 0 saturated heterocycles. The zero-order valence-corrected chi connectivity index (χ0v) is 15.1. The van der Waals surface area contributed by atoms with Gasteiger partial charge in [0.15, 0.2) is 0 Å². The molecule has 0 saturated carbocycles. The lowest BCUT2D eigenvalue weighted by Gasteiger charge is -2.26. The summed E-state index contributed by atoms with van der Waals surface area (Å²) in [5.74, 6) is 2.44. The molecule has 2 unspecified atom stereocenters. The van der Waals surface area contributed by atoms with Crippen LogP contribution in [-0.2, 0) is 6.54 Å². The number of aromatic nitrogens is 2. The number of imidazole rings is 1. The molecule has 1 aliphatic rings. The fourth-order valence-electron chi connectivity index (χ4n) is 2.64. The van der Waals surface area contributed by atoms with Crippen LogP contribution < -0.4 is 9.47 Å². The van der Waals surface area contributed by atoms with Gasteiger partial charge in [-0.2, -0.15) is 0 Å². The monoisotopic (exact) mass is 361 g/mol. The highest BCUT2D eigenvalue weighted by atomic mass is 32.2. The van der Waals surface area contributed by atoms with Gasteiger partial charge in [0, 0.05) is 37.2 Å². The molecule has 7 heteroatoms. The Balaban J connectivity index is 1.67. The number of rotatable bonds is 8. The lowest BCUT2D eigenvalue weighted by molar-refractivity contribution is 0.113. The van der Waals surface area contributed by atoms with E-state index in [0.717, 1.165) is 35.3 Å². The molecule has 134 valence electrons. The van der Waals surface area contributed by atoms with Crippen molar-refractivity contribution in [3.8, 4) is 11.5 Å². The van der Waals surface area contributed by atoms with Crippen LogP contribution in [0.2, 0.25) is 0 Å². The summed E-state index contributed by atoms with van der Waals surface area (Å²) in [5.41, 5.74) is 0. The Kier molecular flexibility index (Phi) is 6.36. The number of aliphatic imine (C=N–C) groups is 1. The van der Waals surface area contributed by atoms with Crippen LogP contribution in [0, 0.1) is 5.92 Å². The number of thioether (sulfide) groups is 1. The number of ether oxygens (including phenoxy) is 2. The minimum atomic E-state index is -0.633. The highest BCUT2D eigenvalue weighted by molar-refractivity contribution is 8.14. The van der Waals surface area contributed by atoms with Gasteiger partial charge < -0.3 is 19.1 Å². The Hall–Kier alpha value is -1.99. The number of aliphatic hydroxyl groups is 1. The molecule has 1 N–H and O–H groups in total. The van der Waals surface area contributed by atoms with Crippen LogP contribution in [0.1, 0.15) is 6.42 Å². The average molecular weight is 361 g/mol. The lowest BCUT2D eigenvalue weighted by atomic mass is 10.0. The van der Waals surface area contributed by atoms with Crippen molar-refractivity contribution >= 4 is 16.8 Å². The summed E-state index contributed by atoms with van der Waals surface area (Å²) in [6.07, 6.45) is 5.81. The van der Waals surface area contributed by atoms with E-state index in [2.05, 4.69) is 9.98 Å². The topological polar surface area (TPSA) is 68.9 Å². The van der Waals surface area contributed by atoms with Crippen molar-refractivity contribution < 1.29 is 14.6 Å². The summed E-state index contributed by atoms with van der Waals surface area (Å²) in [7, 11) is 1.63.